The highest BCUT2D eigenvalue weighted by Crippen LogP contribution is 2.44. The first-order valence-corrected chi connectivity index (χ1v) is 18.6. The minimum atomic E-state index is -0.0532. The molecule has 7 aromatic carbocycles. The second-order valence-electron chi connectivity index (χ2n) is 14.4. The average molecular weight is 705 g/mol. The zero-order chi connectivity index (χ0) is 36.1. The van der Waals surface area contributed by atoms with Crippen LogP contribution in [0.4, 0.5) is 5.69 Å². The lowest BCUT2D eigenvalue weighted by Crippen LogP contribution is -2.11. The number of nitrogens with zero attached hydrogens (tertiary/aromatic N) is 2. The number of thiazole rings is 1. The van der Waals surface area contributed by atoms with Crippen LogP contribution in [0.15, 0.2) is 161 Å². The fraction of sp³-hybridized carbons (Fsp3) is 0.0833. The molecule has 1 N–H and O–H groups in total. The standard InChI is InChI=1S/C48H36N2O2S/c1-48(2,3)35-24-25-42(51)34(26-35)29-49-41-18-9-7-15-39(41)47-50-45-40(38-17-11-16-37-36-14-8-10-19-43(36)52-46(37)38)27-33(28-44(45)53-47)32-22-20-31(21-23-32)30-12-5-4-6-13-30/h4-29,51H,1-3H3. The Kier molecular flexibility index (Phi) is 8.02. The maximum Gasteiger partial charge on any atom is 0.143 e. The summed E-state index contributed by atoms with van der Waals surface area (Å²) in [6.07, 6.45) is 1.75. The predicted molar refractivity (Wildman–Crippen MR) is 223 cm³/mol. The summed E-state index contributed by atoms with van der Waals surface area (Å²) in [6, 6.07) is 52.1. The van der Waals surface area contributed by atoms with E-state index in [0.717, 1.165) is 76.2 Å². The van der Waals surface area contributed by atoms with Gasteiger partial charge in [-0.25, -0.2) is 4.98 Å². The first kappa shape index (κ1) is 32.6. The Morgan fingerprint density at radius 3 is 2.11 bits per heavy atom. The molecule has 2 aromatic heterocycles. The third kappa shape index (κ3) is 6.09. The zero-order valence-electron chi connectivity index (χ0n) is 29.7. The van der Waals surface area contributed by atoms with Gasteiger partial charge in [-0.05, 0) is 75.7 Å². The number of phenols is 1. The number of aliphatic imine (C=N–C) groups is 1. The number of para-hydroxylation sites is 3. The molecule has 0 radical (unpaired) electrons. The first-order valence-electron chi connectivity index (χ1n) is 17.8. The average Bonchev–Trinajstić information content (AvgIpc) is 3.79. The van der Waals surface area contributed by atoms with E-state index in [-0.39, 0.29) is 11.2 Å². The Morgan fingerprint density at radius 1 is 0.623 bits per heavy atom. The number of hydrogen-bond acceptors (Lipinski definition) is 5. The maximum absolute atomic E-state index is 10.7. The Labute approximate surface area is 312 Å². The van der Waals surface area contributed by atoms with Crippen LogP contribution in [-0.2, 0) is 5.41 Å². The highest BCUT2D eigenvalue weighted by atomic mass is 32.1. The molecule has 0 spiro atoms. The monoisotopic (exact) mass is 704 g/mol. The molecule has 9 rings (SSSR count). The van der Waals surface area contributed by atoms with Crippen molar-refractivity contribution in [1.82, 2.24) is 4.98 Å². The van der Waals surface area contributed by atoms with Gasteiger partial charge < -0.3 is 9.52 Å². The molecule has 0 aliphatic carbocycles. The van der Waals surface area contributed by atoms with Crippen molar-refractivity contribution in [3.05, 3.63) is 163 Å². The Bertz CT molecular complexity index is 2820. The van der Waals surface area contributed by atoms with E-state index in [1.807, 2.05) is 48.5 Å². The van der Waals surface area contributed by atoms with Crippen molar-refractivity contribution in [1.29, 1.82) is 0 Å². The molecule has 0 fully saturated rings. The summed E-state index contributed by atoms with van der Waals surface area (Å²) in [5.74, 6) is 0.202. The minimum absolute atomic E-state index is 0.0532. The molecule has 5 heteroatoms. The van der Waals surface area contributed by atoms with Gasteiger partial charge in [0.25, 0.3) is 0 Å². The van der Waals surface area contributed by atoms with Crippen molar-refractivity contribution in [3.63, 3.8) is 0 Å². The van der Waals surface area contributed by atoms with Crippen molar-refractivity contribution in [2.24, 2.45) is 4.99 Å². The highest BCUT2D eigenvalue weighted by molar-refractivity contribution is 7.21. The van der Waals surface area contributed by atoms with Crippen molar-refractivity contribution in [2.45, 2.75) is 26.2 Å². The van der Waals surface area contributed by atoms with E-state index in [1.165, 1.54) is 11.1 Å². The molecule has 0 saturated carbocycles. The molecule has 0 bridgehead atoms. The zero-order valence-corrected chi connectivity index (χ0v) is 30.5. The number of benzene rings is 7. The molecule has 0 saturated heterocycles. The lowest BCUT2D eigenvalue weighted by Gasteiger charge is -2.19. The first-order chi connectivity index (χ1) is 25.8. The van der Waals surface area contributed by atoms with Crippen LogP contribution in [0.2, 0.25) is 0 Å². The molecular formula is C48H36N2O2S. The van der Waals surface area contributed by atoms with Crippen LogP contribution in [-0.4, -0.2) is 16.3 Å². The van der Waals surface area contributed by atoms with Crippen LogP contribution in [0.3, 0.4) is 0 Å². The molecule has 4 nitrogen and oxygen atoms in total. The largest absolute Gasteiger partial charge is 0.507 e. The summed E-state index contributed by atoms with van der Waals surface area (Å²) in [5, 5.41) is 13.8. The molecule has 2 heterocycles. The Hall–Kier alpha value is -6.30. The van der Waals surface area contributed by atoms with E-state index in [2.05, 4.69) is 118 Å². The second-order valence-corrected chi connectivity index (χ2v) is 15.4. The molecule has 0 unspecified atom stereocenters. The number of hydrogen-bond donors (Lipinski definition) is 1. The number of aromatic nitrogens is 1. The van der Waals surface area contributed by atoms with Gasteiger partial charge in [0.1, 0.15) is 21.9 Å². The van der Waals surface area contributed by atoms with Gasteiger partial charge >= 0.3 is 0 Å². The Morgan fingerprint density at radius 2 is 1.30 bits per heavy atom. The van der Waals surface area contributed by atoms with Gasteiger partial charge in [-0.1, -0.05) is 130 Å². The van der Waals surface area contributed by atoms with Crippen molar-refractivity contribution < 1.29 is 9.52 Å². The van der Waals surface area contributed by atoms with Gasteiger partial charge in [0, 0.05) is 39.2 Å². The summed E-state index contributed by atoms with van der Waals surface area (Å²) in [7, 11) is 0. The van der Waals surface area contributed by atoms with E-state index < -0.39 is 0 Å². The van der Waals surface area contributed by atoms with Crippen LogP contribution >= 0.6 is 11.3 Å². The smallest absolute Gasteiger partial charge is 0.143 e. The number of phenolic OH excluding ortho intramolecular Hbond substituents is 1. The van der Waals surface area contributed by atoms with E-state index in [9.17, 15) is 5.11 Å². The molecular weight excluding hydrogens is 669 g/mol. The Balaban J connectivity index is 1.20. The number of furan rings is 1. The normalized spacial score (nSPS) is 12.1. The van der Waals surface area contributed by atoms with Gasteiger partial charge in [-0.3, -0.25) is 4.99 Å². The predicted octanol–water partition coefficient (Wildman–Crippen LogP) is 13.6. The molecule has 9 aromatic rings. The summed E-state index contributed by atoms with van der Waals surface area (Å²) in [5.41, 5.74) is 12.7. The van der Waals surface area contributed by atoms with Gasteiger partial charge in [0.05, 0.1) is 15.9 Å². The third-order valence-electron chi connectivity index (χ3n) is 9.89. The van der Waals surface area contributed by atoms with Crippen LogP contribution in [0.5, 0.6) is 5.75 Å². The molecule has 0 atom stereocenters. The van der Waals surface area contributed by atoms with Crippen LogP contribution in [0.1, 0.15) is 31.9 Å². The third-order valence-corrected chi connectivity index (χ3v) is 10.9. The highest BCUT2D eigenvalue weighted by Gasteiger charge is 2.20. The summed E-state index contributed by atoms with van der Waals surface area (Å²) in [6.45, 7) is 6.49. The van der Waals surface area contributed by atoms with Gasteiger partial charge in [-0.15, -0.1) is 11.3 Å². The van der Waals surface area contributed by atoms with E-state index >= 15 is 0 Å². The SMILES string of the molecule is CC(C)(C)c1ccc(O)c(C=Nc2ccccc2-c2nc3c(-c4cccc5c4oc4ccccc45)cc(-c4ccc(-c5ccccc5)cc4)cc3s2)c1. The molecule has 0 aliphatic rings. The number of rotatable bonds is 6. The summed E-state index contributed by atoms with van der Waals surface area (Å²) >= 11 is 1.66. The van der Waals surface area contributed by atoms with Crippen molar-refractivity contribution in [3.8, 4) is 49.7 Å². The minimum Gasteiger partial charge on any atom is -0.507 e. The van der Waals surface area contributed by atoms with Crippen molar-refractivity contribution in [2.75, 3.05) is 0 Å². The summed E-state index contributed by atoms with van der Waals surface area (Å²) in [4.78, 5) is 10.3. The second kappa shape index (κ2) is 13.0. The topological polar surface area (TPSA) is 58.6 Å². The van der Waals surface area contributed by atoms with E-state index in [4.69, 9.17) is 14.4 Å². The van der Waals surface area contributed by atoms with Gasteiger partial charge in [0.2, 0.25) is 0 Å². The maximum atomic E-state index is 10.7. The van der Waals surface area contributed by atoms with Crippen molar-refractivity contribution >= 4 is 55.4 Å². The molecule has 256 valence electrons. The molecule has 0 aliphatic heterocycles. The number of aromatic hydroxyl groups is 1. The lowest BCUT2D eigenvalue weighted by molar-refractivity contribution is 0.473. The van der Waals surface area contributed by atoms with Crippen LogP contribution < -0.4 is 0 Å². The molecule has 53 heavy (non-hydrogen) atoms. The van der Waals surface area contributed by atoms with Gasteiger partial charge in [-0.2, -0.15) is 0 Å². The fourth-order valence-electron chi connectivity index (χ4n) is 6.99. The number of fused-ring (bicyclic) bond motifs is 4. The van der Waals surface area contributed by atoms with Crippen LogP contribution in [0, 0.1) is 0 Å². The summed E-state index contributed by atoms with van der Waals surface area (Å²) < 4.78 is 7.63. The van der Waals surface area contributed by atoms with Gasteiger partial charge in [0.15, 0.2) is 0 Å². The lowest BCUT2D eigenvalue weighted by atomic mass is 9.86. The van der Waals surface area contributed by atoms with E-state index in [1.54, 1.807) is 23.6 Å². The fourth-order valence-corrected chi connectivity index (χ4v) is 8.06. The quantitative estimate of drug-likeness (QED) is 0.175. The van der Waals surface area contributed by atoms with E-state index in [0.29, 0.717) is 5.56 Å². The van der Waals surface area contributed by atoms with Crippen LogP contribution in [0.25, 0.3) is 76.1 Å². The molecule has 0 amide bonds.